The lowest BCUT2D eigenvalue weighted by atomic mass is 10.1. The fourth-order valence-electron chi connectivity index (χ4n) is 4.27. The van der Waals surface area contributed by atoms with Gasteiger partial charge in [-0.1, -0.05) is 105 Å². The largest absolute Gasteiger partial charge is 0.477 e. The Balaban J connectivity index is 4.74. The lowest BCUT2D eigenvalue weighted by molar-refractivity contribution is -0.870. The molecule has 0 bridgehead atoms. The zero-order valence-electron chi connectivity index (χ0n) is 32.2. The minimum absolute atomic E-state index is 0.127. The highest BCUT2D eigenvalue weighted by Crippen LogP contribution is 2.09. The molecule has 0 aromatic heterocycles. The number of rotatable bonds is 32. The van der Waals surface area contributed by atoms with Crippen molar-refractivity contribution in [3.8, 4) is 0 Å². The Bertz CT molecular complexity index is 1110. The van der Waals surface area contributed by atoms with E-state index in [0.29, 0.717) is 23.9 Å². The molecule has 1 N–H and O–H groups in total. The van der Waals surface area contributed by atoms with E-state index in [2.05, 4.69) is 86.8 Å². The molecule has 0 rings (SSSR count). The highest BCUT2D eigenvalue weighted by molar-refractivity contribution is 5.71. The van der Waals surface area contributed by atoms with Crippen LogP contribution >= 0.6 is 0 Å². The number of hydrogen-bond donors (Lipinski definition) is 1. The number of carbonyl (C=O) groups is 3. The summed E-state index contributed by atoms with van der Waals surface area (Å²) in [4.78, 5) is 36.8. The van der Waals surface area contributed by atoms with E-state index in [1.54, 1.807) is 0 Å². The summed E-state index contributed by atoms with van der Waals surface area (Å²) in [6, 6.07) is 0. The lowest BCUT2D eigenvalue weighted by Crippen LogP contribution is -2.40. The number of ether oxygens (including phenoxy) is 4. The first-order chi connectivity index (χ1) is 24.6. The first-order valence-electron chi connectivity index (χ1n) is 18.8. The predicted octanol–water partition coefficient (Wildman–Crippen LogP) is 8.99. The van der Waals surface area contributed by atoms with Crippen molar-refractivity contribution in [3.63, 3.8) is 0 Å². The van der Waals surface area contributed by atoms with Gasteiger partial charge in [0.1, 0.15) is 13.2 Å². The summed E-state index contributed by atoms with van der Waals surface area (Å²) in [5, 5.41) is 9.58. The van der Waals surface area contributed by atoms with E-state index >= 15 is 0 Å². The van der Waals surface area contributed by atoms with Gasteiger partial charge in [0.25, 0.3) is 6.29 Å². The smallest absolute Gasteiger partial charge is 0.361 e. The number of nitrogens with zero attached hydrogens (tertiary/aromatic N) is 1. The minimum Gasteiger partial charge on any atom is -0.477 e. The van der Waals surface area contributed by atoms with Crippen molar-refractivity contribution in [1.82, 2.24) is 0 Å². The molecule has 0 amide bonds. The maximum absolute atomic E-state index is 12.6. The molecule has 0 spiro atoms. The van der Waals surface area contributed by atoms with E-state index in [-0.39, 0.29) is 32.7 Å². The summed E-state index contributed by atoms with van der Waals surface area (Å²) in [5.74, 6) is -2.18. The molecule has 0 aliphatic carbocycles. The number of carboxylic acid groups (broad SMARTS) is 1. The van der Waals surface area contributed by atoms with E-state index in [4.69, 9.17) is 18.9 Å². The second-order valence-electron chi connectivity index (χ2n) is 13.1. The van der Waals surface area contributed by atoms with Crippen molar-refractivity contribution in [1.29, 1.82) is 0 Å². The van der Waals surface area contributed by atoms with Crippen LogP contribution in [-0.2, 0) is 33.3 Å². The number of esters is 2. The van der Waals surface area contributed by atoms with Crippen molar-refractivity contribution < 1.29 is 42.9 Å². The van der Waals surface area contributed by atoms with Crippen LogP contribution in [0.2, 0.25) is 0 Å². The van der Waals surface area contributed by atoms with Gasteiger partial charge in [0.15, 0.2) is 6.10 Å². The molecule has 0 saturated heterocycles. The van der Waals surface area contributed by atoms with E-state index in [9.17, 15) is 19.5 Å². The fourth-order valence-corrected chi connectivity index (χ4v) is 4.27. The number of carbonyl (C=O) groups excluding carboxylic acids is 2. The minimum atomic E-state index is -1.54. The third kappa shape index (κ3) is 34.7. The molecular weight excluding hydrogens is 646 g/mol. The zero-order chi connectivity index (χ0) is 37.8. The van der Waals surface area contributed by atoms with Crippen molar-refractivity contribution in [3.05, 3.63) is 85.1 Å². The standard InChI is InChI=1S/C42H67NO8/c1-6-8-10-12-14-16-18-20-22-24-26-28-30-32-39(44)49-36-38(37-50-42(41(46)47)48-35-34-43(3,4)5)51-40(45)33-31-29-27-25-23-21-19-17-15-13-11-9-7-2/h8-11,14-17,20-23,27,29,38,42H,6-7,12-13,18-19,24-26,28,30-37H2,1-5H3/p+1/b10-8-,11-9-,16-14-,17-15-,22-20-,23-21-,29-27-. The van der Waals surface area contributed by atoms with Gasteiger partial charge in [0, 0.05) is 12.8 Å². The summed E-state index contributed by atoms with van der Waals surface area (Å²) >= 11 is 0. The lowest BCUT2D eigenvalue weighted by Gasteiger charge is -2.25. The fraction of sp³-hybridized carbons (Fsp3) is 0.595. The molecule has 9 heteroatoms. The van der Waals surface area contributed by atoms with E-state index in [1.807, 2.05) is 33.3 Å². The molecule has 0 aliphatic heterocycles. The molecule has 51 heavy (non-hydrogen) atoms. The van der Waals surface area contributed by atoms with E-state index in [0.717, 1.165) is 64.2 Å². The molecule has 0 aliphatic rings. The van der Waals surface area contributed by atoms with Crippen molar-refractivity contribution in [2.75, 3.05) is 47.5 Å². The third-order valence-electron chi connectivity index (χ3n) is 7.16. The number of allylic oxidation sites excluding steroid dienone is 14. The first-order valence-corrected chi connectivity index (χ1v) is 18.8. The van der Waals surface area contributed by atoms with Crippen LogP contribution in [0, 0.1) is 0 Å². The van der Waals surface area contributed by atoms with Crippen LogP contribution in [0.3, 0.4) is 0 Å². The Labute approximate surface area is 309 Å². The van der Waals surface area contributed by atoms with E-state index in [1.165, 1.54) is 0 Å². The van der Waals surface area contributed by atoms with Gasteiger partial charge in [-0.2, -0.15) is 0 Å². The Hall–Kier alpha value is -3.53. The average Bonchev–Trinajstić information content (AvgIpc) is 3.08. The van der Waals surface area contributed by atoms with Crippen molar-refractivity contribution in [2.45, 2.75) is 116 Å². The maximum atomic E-state index is 12.6. The number of carboxylic acids is 1. The first kappa shape index (κ1) is 47.5. The Morgan fingerprint density at radius 3 is 1.61 bits per heavy atom. The third-order valence-corrected chi connectivity index (χ3v) is 7.16. The van der Waals surface area contributed by atoms with Crippen molar-refractivity contribution in [2.24, 2.45) is 0 Å². The summed E-state index contributed by atoms with van der Waals surface area (Å²) < 4.78 is 22.5. The predicted molar refractivity (Wildman–Crippen MR) is 207 cm³/mol. The maximum Gasteiger partial charge on any atom is 0.361 e. The highest BCUT2D eigenvalue weighted by atomic mass is 16.7. The molecule has 0 aromatic carbocycles. The summed E-state index contributed by atoms with van der Waals surface area (Å²) in [6.07, 6.45) is 38.1. The number of quaternary nitrogens is 1. The van der Waals surface area contributed by atoms with E-state index < -0.39 is 30.3 Å². The highest BCUT2D eigenvalue weighted by Gasteiger charge is 2.25. The van der Waals surface area contributed by atoms with Gasteiger partial charge in [-0.25, -0.2) is 4.79 Å². The van der Waals surface area contributed by atoms with Gasteiger partial charge in [-0.05, 0) is 70.6 Å². The molecule has 0 saturated carbocycles. The SMILES string of the molecule is CC/C=C\C/C=C\C/C=C\C/C=C\CCC(=O)OC(COC(=O)CCCCC/C=C\C/C=C\C/C=C\CC)COC(OCC[N+](C)(C)C)C(=O)O. The summed E-state index contributed by atoms with van der Waals surface area (Å²) in [7, 11) is 5.90. The molecular formula is C42H68NO8+. The van der Waals surface area contributed by atoms with Crippen LogP contribution < -0.4 is 0 Å². The molecule has 288 valence electrons. The number of unbranched alkanes of at least 4 members (excludes halogenated alkanes) is 3. The molecule has 9 nitrogen and oxygen atoms in total. The van der Waals surface area contributed by atoms with Crippen LogP contribution in [0.15, 0.2) is 85.1 Å². The van der Waals surface area contributed by atoms with Gasteiger partial charge < -0.3 is 28.5 Å². The number of aliphatic carboxylic acids is 1. The molecule has 0 fully saturated rings. The molecule has 2 atom stereocenters. The van der Waals surface area contributed by atoms with Gasteiger partial charge in [0.05, 0.1) is 34.4 Å². The number of hydrogen-bond acceptors (Lipinski definition) is 7. The van der Waals surface area contributed by atoms with Gasteiger partial charge in [0.2, 0.25) is 0 Å². The molecule has 0 aromatic rings. The summed E-state index contributed by atoms with van der Waals surface area (Å²) in [5.41, 5.74) is 0. The van der Waals surface area contributed by atoms with Crippen LogP contribution in [-0.4, -0.2) is 87.4 Å². The quantitative estimate of drug-likeness (QED) is 0.0242. The van der Waals surface area contributed by atoms with Gasteiger partial charge >= 0.3 is 17.9 Å². The van der Waals surface area contributed by atoms with Crippen molar-refractivity contribution >= 4 is 17.9 Å². The van der Waals surface area contributed by atoms with Crippen LogP contribution in [0.4, 0.5) is 0 Å². The number of likely N-dealkylation sites (N-methyl/N-ethyl adjacent to an activating group) is 1. The Kier molecular flexibility index (Phi) is 31.3. The molecule has 2 unspecified atom stereocenters. The topological polar surface area (TPSA) is 108 Å². The van der Waals surface area contributed by atoms with Gasteiger partial charge in [-0.3, -0.25) is 9.59 Å². The normalized spacial score (nSPS) is 14.0. The van der Waals surface area contributed by atoms with Crippen LogP contribution in [0.25, 0.3) is 0 Å². The Morgan fingerprint density at radius 2 is 1.10 bits per heavy atom. The summed E-state index contributed by atoms with van der Waals surface area (Å²) in [6.45, 7) is 4.46. The monoisotopic (exact) mass is 714 g/mol. The zero-order valence-corrected chi connectivity index (χ0v) is 32.2. The molecule has 0 radical (unpaired) electrons. The second kappa shape index (κ2) is 33.6. The second-order valence-corrected chi connectivity index (χ2v) is 13.1. The Morgan fingerprint density at radius 1 is 0.588 bits per heavy atom. The van der Waals surface area contributed by atoms with Gasteiger partial charge in [-0.15, -0.1) is 0 Å². The van der Waals surface area contributed by atoms with Crippen LogP contribution in [0.5, 0.6) is 0 Å². The average molecular weight is 715 g/mol. The van der Waals surface area contributed by atoms with Crippen LogP contribution in [0.1, 0.15) is 104 Å². The molecule has 0 heterocycles.